The second-order valence-corrected chi connectivity index (χ2v) is 6.67. The predicted molar refractivity (Wildman–Crippen MR) is 109 cm³/mol. The number of rotatable bonds is 11. The maximum Gasteiger partial charge on any atom is 0.239 e. The van der Waals surface area contributed by atoms with Crippen LogP contribution in [-0.2, 0) is 11.3 Å². The van der Waals surface area contributed by atoms with Crippen molar-refractivity contribution in [1.29, 1.82) is 0 Å². The van der Waals surface area contributed by atoms with Crippen LogP contribution in [-0.4, -0.2) is 25.2 Å². The van der Waals surface area contributed by atoms with E-state index in [1.165, 1.54) is 0 Å². The van der Waals surface area contributed by atoms with Crippen LogP contribution >= 0.6 is 0 Å². The summed E-state index contributed by atoms with van der Waals surface area (Å²) in [6.07, 6.45) is 2.32. The fourth-order valence-electron chi connectivity index (χ4n) is 2.41. The zero-order valence-corrected chi connectivity index (χ0v) is 16.5. The van der Waals surface area contributed by atoms with Gasteiger partial charge in [0.05, 0.1) is 19.3 Å². The lowest BCUT2D eigenvalue weighted by Crippen LogP contribution is -2.29. The van der Waals surface area contributed by atoms with Gasteiger partial charge in [0.15, 0.2) is 0 Å². The number of unbranched alkanes of at least 4 members (excludes halogenated alkanes) is 1. The SMILES string of the molecule is CCCCOc1ccc(NCC(=O)NCc2ccc(OC(C)C)cc2)cc1. The molecular formula is C22H30N2O3. The summed E-state index contributed by atoms with van der Waals surface area (Å²) in [5.41, 5.74) is 1.93. The minimum Gasteiger partial charge on any atom is -0.494 e. The van der Waals surface area contributed by atoms with E-state index in [9.17, 15) is 4.79 Å². The molecule has 2 rings (SSSR count). The van der Waals surface area contributed by atoms with Crippen LogP contribution in [0.5, 0.6) is 11.5 Å². The van der Waals surface area contributed by atoms with E-state index in [0.717, 1.165) is 42.2 Å². The Morgan fingerprint density at radius 3 is 2.30 bits per heavy atom. The first-order valence-electron chi connectivity index (χ1n) is 9.56. The molecule has 2 N–H and O–H groups in total. The maximum atomic E-state index is 12.0. The van der Waals surface area contributed by atoms with Crippen LogP contribution in [0.3, 0.4) is 0 Å². The Kier molecular flexibility index (Phi) is 8.49. The van der Waals surface area contributed by atoms with E-state index < -0.39 is 0 Å². The smallest absolute Gasteiger partial charge is 0.239 e. The molecule has 0 aliphatic carbocycles. The summed E-state index contributed by atoms with van der Waals surface area (Å²) in [6, 6.07) is 15.4. The van der Waals surface area contributed by atoms with Crippen molar-refractivity contribution in [2.24, 2.45) is 0 Å². The van der Waals surface area contributed by atoms with Gasteiger partial charge in [-0.25, -0.2) is 0 Å². The number of ether oxygens (including phenoxy) is 2. The Bertz CT molecular complexity index is 682. The fraction of sp³-hybridized carbons (Fsp3) is 0.409. The van der Waals surface area contributed by atoms with Crippen molar-refractivity contribution in [2.45, 2.75) is 46.3 Å². The maximum absolute atomic E-state index is 12.0. The Hall–Kier alpha value is -2.69. The van der Waals surface area contributed by atoms with E-state index in [1.54, 1.807) is 0 Å². The molecule has 0 unspecified atom stereocenters. The third-order valence-electron chi connectivity index (χ3n) is 3.86. The Morgan fingerprint density at radius 1 is 1.00 bits per heavy atom. The van der Waals surface area contributed by atoms with Crippen LogP contribution in [0.2, 0.25) is 0 Å². The average molecular weight is 370 g/mol. The van der Waals surface area contributed by atoms with Gasteiger partial charge < -0.3 is 20.1 Å². The number of nitrogens with one attached hydrogen (secondary N) is 2. The highest BCUT2D eigenvalue weighted by molar-refractivity contribution is 5.80. The number of carbonyl (C=O) groups excluding carboxylic acids is 1. The van der Waals surface area contributed by atoms with Gasteiger partial charge in [-0.15, -0.1) is 0 Å². The van der Waals surface area contributed by atoms with Crippen molar-refractivity contribution in [3.05, 3.63) is 54.1 Å². The summed E-state index contributed by atoms with van der Waals surface area (Å²) < 4.78 is 11.2. The van der Waals surface area contributed by atoms with Crippen molar-refractivity contribution >= 4 is 11.6 Å². The molecule has 0 aliphatic heterocycles. The highest BCUT2D eigenvalue weighted by atomic mass is 16.5. The van der Waals surface area contributed by atoms with Gasteiger partial charge in [-0.2, -0.15) is 0 Å². The lowest BCUT2D eigenvalue weighted by Gasteiger charge is -2.11. The van der Waals surface area contributed by atoms with Gasteiger partial charge in [-0.3, -0.25) is 4.79 Å². The van der Waals surface area contributed by atoms with E-state index in [1.807, 2.05) is 62.4 Å². The standard InChI is InChI=1S/C22H30N2O3/c1-4-5-14-26-20-12-8-19(9-13-20)23-16-22(25)24-15-18-6-10-21(11-7-18)27-17(2)3/h6-13,17,23H,4-5,14-16H2,1-3H3,(H,24,25). The molecule has 5 nitrogen and oxygen atoms in total. The molecule has 0 fully saturated rings. The molecule has 2 aromatic carbocycles. The van der Waals surface area contributed by atoms with Crippen LogP contribution in [0.4, 0.5) is 5.69 Å². The molecule has 0 aliphatic rings. The van der Waals surface area contributed by atoms with Gasteiger partial charge in [0.25, 0.3) is 0 Å². The van der Waals surface area contributed by atoms with E-state index in [4.69, 9.17) is 9.47 Å². The average Bonchev–Trinajstić information content (AvgIpc) is 2.66. The first-order chi connectivity index (χ1) is 13.1. The first kappa shape index (κ1) is 20.6. The summed E-state index contributed by atoms with van der Waals surface area (Å²) in [4.78, 5) is 12.0. The highest BCUT2D eigenvalue weighted by Crippen LogP contribution is 2.16. The largest absolute Gasteiger partial charge is 0.494 e. The third kappa shape index (κ3) is 8.03. The molecule has 0 saturated carbocycles. The zero-order chi connectivity index (χ0) is 19.5. The van der Waals surface area contributed by atoms with Gasteiger partial charge >= 0.3 is 0 Å². The Balaban J connectivity index is 1.69. The van der Waals surface area contributed by atoms with Gasteiger partial charge in [-0.05, 0) is 62.2 Å². The molecule has 0 radical (unpaired) electrons. The van der Waals surface area contributed by atoms with Crippen molar-refractivity contribution in [2.75, 3.05) is 18.5 Å². The normalized spacial score (nSPS) is 10.5. The molecule has 0 atom stereocenters. The van der Waals surface area contributed by atoms with Gasteiger partial charge in [-0.1, -0.05) is 25.5 Å². The van der Waals surface area contributed by atoms with Crippen LogP contribution in [0.1, 0.15) is 39.2 Å². The first-order valence-corrected chi connectivity index (χ1v) is 9.56. The van der Waals surface area contributed by atoms with Crippen LogP contribution in [0.15, 0.2) is 48.5 Å². The number of benzene rings is 2. The molecule has 0 bridgehead atoms. The molecule has 0 spiro atoms. The lowest BCUT2D eigenvalue weighted by atomic mass is 10.2. The highest BCUT2D eigenvalue weighted by Gasteiger charge is 2.03. The van der Waals surface area contributed by atoms with Crippen LogP contribution in [0, 0.1) is 0 Å². The van der Waals surface area contributed by atoms with Crippen LogP contribution < -0.4 is 20.1 Å². The molecule has 0 saturated heterocycles. The molecule has 1 amide bonds. The second kappa shape index (κ2) is 11.1. The zero-order valence-electron chi connectivity index (χ0n) is 16.5. The number of hydrogen-bond acceptors (Lipinski definition) is 4. The lowest BCUT2D eigenvalue weighted by molar-refractivity contribution is -0.119. The molecule has 0 aromatic heterocycles. The topological polar surface area (TPSA) is 59.6 Å². The molecule has 2 aromatic rings. The third-order valence-corrected chi connectivity index (χ3v) is 3.86. The van der Waals surface area contributed by atoms with Crippen molar-refractivity contribution < 1.29 is 14.3 Å². The second-order valence-electron chi connectivity index (χ2n) is 6.67. The summed E-state index contributed by atoms with van der Waals surface area (Å²) in [5, 5.41) is 6.03. The number of carbonyl (C=O) groups is 1. The molecule has 5 heteroatoms. The summed E-state index contributed by atoms with van der Waals surface area (Å²) in [5.74, 6) is 1.63. The summed E-state index contributed by atoms with van der Waals surface area (Å²) >= 11 is 0. The molecular weight excluding hydrogens is 340 g/mol. The molecule has 27 heavy (non-hydrogen) atoms. The minimum atomic E-state index is -0.0548. The predicted octanol–water partition coefficient (Wildman–Crippen LogP) is 4.38. The summed E-state index contributed by atoms with van der Waals surface area (Å²) in [7, 11) is 0. The fourth-order valence-corrected chi connectivity index (χ4v) is 2.41. The van der Waals surface area contributed by atoms with Crippen LogP contribution in [0.25, 0.3) is 0 Å². The molecule has 146 valence electrons. The van der Waals surface area contributed by atoms with E-state index >= 15 is 0 Å². The van der Waals surface area contributed by atoms with Crippen molar-refractivity contribution in [3.8, 4) is 11.5 Å². The minimum absolute atomic E-state index is 0.0548. The Labute approximate surface area is 162 Å². The van der Waals surface area contributed by atoms with Gasteiger partial charge in [0, 0.05) is 12.2 Å². The molecule has 0 heterocycles. The Morgan fingerprint density at radius 2 is 1.67 bits per heavy atom. The van der Waals surface area contributed by atoms with Crippen molar-refractivity contribution in [1.82, 2.24) is 5.32 Å². The number of anilines is 1. The van der Waals surface area contributed by atoms with Gasteiger partial charge in [0.2, 0.25) is 5.91 Å². The summed E-state index contributed by atoms with van der Waals surface area (Å²) in [6.45, 7) is 7.58. The van der Waals surface area contributed by atoms with Crippen molar-refractivity contribution in [3.63, 3.8) is 0 Å². The van der Waals surface area contributed by atoms with E-state index in [2.05, 4.69) is 17.6 Å². The monoisotopic (exact) mass is 370 g/mol. The van der Waals surface area contributed by atoms with E-state index in [-0.39, 0.29) is 18.6 Å². The quantitative estimate of drug-likeness (QED) is 0.576. The number of amides is 1. The van der Waals surface area contributed by atoms with Gasteiger partial charge in [0.1, 0.15) is 11.5 Å². The number of hydrogen-bond donors (Lipinski definition) is 2. The van der Waals surface area contributed by atoms with E-state index in [0.29, 0.717) is 6.54 Å².